The van der Waals surface area contributed by atoms with Gasteiger partial charge in [-0.05, 0) is 45.4 Å². The van der Waals surface area contributed by atoms with Crippen LogP contribution in [0.4, 0.5) is 10.5 Å². The molecule has 0 bridgehead atoms. The van der Waals surface area contributed by atoms with E-state index in [0.29, 0.717) is 12.2 Å². The molecular formula is C16H24N2O4. The van der Waals surface area contributed by atoms with Gasteiger partial charge in [0.05, 0.1) is 7.11 Å². The Morgan fingerprint density at radius 2 is 1.77 bits per heavy atom. The lowest BCUT2D eigenvalue weighted by Crippen LogP contribution is -2.34. The molecule has 0 saturated heterocycles. The van der Waals surface area contributed by atoms with E-state index in [2.05, 4.69) is 15.4 Å². The van der Waals surface area contributed by atoms with Gasteiger partial charge in [0.25, 0.3) is 0 Å². The van der Waals surface area contributed by atoms with E-state index in [4.69, 9.17) is 4.74 Å². The summed E-state index contributed by atoms with van der Waals surface area (Å²) in [5.74, 6) is -0.303. The number of rotatable bonds is 5. The summed E-state index contributed by atoms with van der Waals surface area (Å²) in [6, 6.07) is 6.92. The van der Waals surface area contributed by atoms with Crippen molar-refractivity contribution in [2.24, 2.45) is 0 Å². The number of hydrogen-bond donors (Lipinski definition) is 2. The van der Waals surface area contributed by atoms with Crippen molar-refractivity contribution in [2.75, 3.05) is 12.4 Å². The maximum absolute atomic E-state index is 11.6. The molecule has 0 heterocycles. The first kappa shape index (κ1) is 18.0. The van der Waals surface area contributed by atoms with Crippen molar-refractivity contribution in [1.82, 2.24) is 5.32 Å². The molecule has 0 fully saturated rings. The molecule has 0 spiro atoms. The first-order valence-corrected chi connectivity index (χ1v) is 7.11. The van der Waals surface area contributed by atoms with Crippen molar-refractivity contribution < 1.29 is 19.1 Å². The van der Waals surface area contributed by atoms with Crippen LogP contribution in [0.15, 0.2) is 24.3 Å². The monoisotopic (exact) mass is 308 g/mol. The Bertz CT molecular complexity index is 506. The summed E-state index contributed by atoms with van der Waals surface area (Å²) in [4.78, 5) is 22.9. The van der Waals surface area contributed by atoms with Crippen LogP contribution in [-0.4, -0.2) is 30.8 Å². The third-order valence-electron chi connectivity index (χ3n) is 2.77. The molecule has 22 heavy (non-hydrogen) atoms. The molecule has 0 saturated carbocycles. The summed E-state index contributed by atoms with van der Waals surface area (Å²) >= 11 is 0. The van der Waals surface area contributed by atoms with Gasteiger partial charge < -0.3 is 14.8 Å². The largest absolute Gasteiger partial charge is 0.468 e. The average Bonchev–Trinajstić information content (AvgIpc) is 2.43. The number of nitrogens with one attached hydrogen (secondary N) is 2. The third-order valence-corrected chi connectivity index (χ3v) is 2.77. The molecule has 1 amide bonds. The summed E-state index contributed by atoms with van der Waals surface area (Å²) in [7, 11) is 1.36. The highest BCUT2D eigenvalue weighted by Gasteiger charge is 2.16. The predicted octanol–water partition coefficient (Wildman–Crippen LogP) is 2.68. The lowest BCUT2D eigenvalue weighted by atomic mass is 10.2. The Morgan fingerprint density at radius 1 is 1.18 bits per heavy atom. The fraction of sp³-hybridized carbons (Fsp3) is 0.500. The van der Waals surface area contributed by atoms with Gasteiger partial charge in [0.1, 0.15) is 11.6 Å². The molecule has 0 aliphatic rings. The SMILES string of the molecule is COC(=O)C(C)NCc1ccc(NC(=O)OC(C)(C)C)cc1. The maximum Gasteiger partial charge on any atom is 0.412 e. The number of benzene rings is 1. The van der Waals surface area contributed by atoms with Crippen LogP contribution in [-0.2, 0) is 20.8 Å². The van der Waals surface area contributed by atoms with Crippen molar-refractivity contribution in [3.63, 3.8) is 0 Å². The number of amides is 1. The number of esters is 1. The topological polar surface area (TPSA) is 76.7 Å². The molecule has 0 aliphatic carbocycles. The second-order valence-electron chi connectivity index (χ2n) is 5.95. The molecule has 1 unspecified atom stereocenters. The number of ether oxygens (including phenoxy) is 2. The smallest absolute Gasteiger partial charge is 0.412 e. The summed E-state index contributed by atoms with van der Waals surface area (Å²) in [5.41, 5.74) is 1.11. The van der Waals surface area contributed by atoms with E-state index >= 15 is 0 Å². The van der Waals surface area contributed by atoms with Gasteiger partial charge in [0.15, 0.2) is 0 Å². The summed E-state index contributed by atoms with van der Waals surface area (Å²) in [6.07, 6.45) is -0.488. The van der Waals surface area contributed by atoms with Gasteiger partial charge >= 0.3 is 12.1 Å². The zero-order chi connectivity index (χ0) is 16.8. The molecule has 0 aliphatic heterocycles. The van der Waals surface area contributed by atoms with Crippen LogP contribution in [0.3, 0.4) is 0 Å². The Balaban J connectivity index is 2.49. The van der Waals surface area contributed by atoms with Crippen LogP contribution >= 0.6 is 0 Å². The van der Waals surface area contributed by atoms with Gasteiger partial charge in [-0.15, -0.1) is 0 Å². The highest BCUT2D eigenvalue weighted by molar-refractivity contribution is 5.84. The minimum atomic E-state index is -0.530. The molecule has 6 nitrogen and oxygen atoms in total. The van der Waals surface area contributed by atoms with E-state index in [0.717, 1.165) is 5.56 Å². The standard InChI is InChI=1S/C16H24N2O4/c1-11(14(19)21-5)17-10-12-6-8-13(9-7-12)18-15(20)22-16(2,3)4/h6-9,11,17H,10H2,1-5H3,(H,18,20). The molecule has 0 radical (unpaired) electrons. The number of methoxy groups -OCH3 is 1. The van der Waals surface area contributed by atoms with Crippen LogP contribution in [0.2, 0.25) is 0 Å². The molecule has 1 atom stereocenters. The third kappa shape index (κ3) is 6.58. The normalized spacial score (nSPS) is 12.4. The zero-order valence-electron chi connectivity index (χ0n) is 13.7. The van der Waals surface area contributed by atoms with Crippen molar-refractivity contribution in [3.05, 3.63) is 29.8 Å². The zero-order valence-corrected chi connectivity index (χ0v) is 13.7. The first-order valence-electron chi connectivity index (χ1n) is 7.11. The molecule has 1 rings (SSSR count). The molecule has 2 N–H and O–H groups in total. The van der Waals surface area contributed by atoms with Crippen molar-refractivity contribution >= 4 is 17.7 Å². The minimum absolute atomic E-state index is 0.303. The highest BCUT2D eigenvalue weighted by Crippen LogP contribution is 2.13. The molecule has 1 aromatic carbocycles. The van der Waals surface area contributed by atoms with E-state index in [-0.39, 0.29) is 12.0 Å². The number of carbonyl (C=O) groups excluding carboxylic acids is 2. The van der Waals surface area contributed by atoms with Crippen molar-refractivity contribution in [1.29, 1.82) is 0 Å². The molecular weight excluding hydrogens is 284 g/mol. The Hall–Kier alpha value is -2.08. The second-order valence-corrected chi connectivity index (χ2v) is 5.95. The average molecular weight is 308 g/mol. The van der Waals surface area contributed by atoms with Gasteiger partial charge in [0.2, 0.25) is 0 Å². The van der Waals surface area contributed by atoms with Crippen LogP contribution in [0.5, 0.6) is 0 Å². The fourth-order valence-electron chi connectivity index (χ4n) is 1.66. The van der Waals surface area contributed by atoms with Gasteiger partial charge in [0, 0.05) is 12.2 Å². The van der Waals surface area contributed by atoms with Crippen molar-refractivity contribution in [3.8, 4) is 0 Å². The van der Waals surface area contributed by atoms with Gasteiger partial charge in [-0.1, -0.05) is 12.1 Å². The fourth-order valence-corrected chi connectivity index (χ4v) is 1.66. The summed E-state index contributed by atoms with van der Waals surface area (Å²) < 4.78 is 9.82. The number of hydrogen-bond acceptors (Lipinski definition) is 5. The first-order chi connectivity index (χ1) is 10.2. The van der Waals surface area contributed by atoms with E-state index in [1.165, 1.54) is 7.11 Å². The van der Waals surface area contributed by atoms with E-state index in [1.54, 1.807) is 19.1 Å². The number of anilines is 1. The molecule has 1 aromatic rings. The van der Waals surface area contributed by atoms with Gasteiger partial charge in [-0.2, -0.15) is 0 Å². The highest BCUT2D eigenvalue weighted by atomic mass is 16.6. The van der Waals surface area contributed by atoms with E-state index < -0.39 is 11.7 Å². The van der Waals surface area contributed by atoms with Crippen molar-refractivity contribution in [2.45, 2.75) is 45.9 Å². The van der Waals surface area contributed by atoms with Crippen LogP contribution in [0.25, 0.3) is 0 Å². The van der Waals surface area contributed by atoms with E-state index in [9.17, 15) is 9.59 Å². The van der Waals surface area contributed by atoms with Gasteiger partial charge in [-0.3, -0.25) is 10.1 Å². The van der Waals surface area contributed by atoms with Gasteiger partial charge in [-0.25, -0.2) is 4.79 Å². The van der Waals surface area contributed by atoms with Crippen LogP contribution < -0.4 is 10.6 Å². The Kier molecular flexibility index (Phi) is 6.37. The minimum Gasteiger partial charge on any atom is -0.468 e. The second kappa shape index (κ2) is 7.79. The molecule has 6 heteroatoms. The Morgan fingerprint density at radius 3 is 2.27 bits per heavy atom. The van der Waals surface area contributed by atoms with E-state index in [1.807, 2.05) is 32.9 Å². The quantitative estimate of drug-likeness (QED) is 0.818. The predicted molar refractivity (Wildman–Crippen MR) is 84.6 cm³/mol. The Labute approximate surface area is 131 Å². The van der Waals surface area contributed by atoms with Crippen LogP contribution in [0.1, 0.15) is 33.3 Å². The summed E-state index contributed by atoms with van der Waals surface area (Å²) in [6.45, 7) is 7.70. The summed E-state index contributed by atoms with van der Waals surface area (Å²) in [5, 5.41) is 5.72. The molecule has 0 aromatic heterocycles. The van der Waals surface area contributed by atoms with Crippen LogP contribution in [0, 0.1) is 0 Å². The lowest BCUT2D eigenvalue weighted by Gasteiger charge is -2.19. The number of carbonyl (C=O) groups is 2. The maximum atomic E-state index is 11.6. The molecule has 122 valence electrons. The lowest BCUT2D eigenvalue weighted by molar-refractivity contribution is -0.142.